The van der Waals surface area contributed by atoms with Gasteiger partial charge in [-0.15, -0.1) is 11.8 Å². The number of anilines is 2. The van der Waals surface area contributed by atoms with Crippen LogP contribution in [-0.2, 0) is 14.4 Å². The second-order valence-electron chi connectivity index (χ2n) is 12.3. The molecule has 7 atom stereocenters. The molecule has 1 saturated heterocycles. The molecule has 234 valence electrons. The Morgan fingerprint density at radius 2 is 1.74 bits per heavy atom. The number of hydrogen-bond donors (Lipinski definition) is 2. The van der Waals surface area contributed by atoms with Crippen LogP contribution in [0.15, 0.2) is 81.0 Å². The average molecular weight is 737 g/mol. The highest BCUT2D eigenvalue weighted by Crippen LogP contribution is 2.69. The maximum Gasteiger partial charge on any atom is 0.305 e. The Bertz CT molecular complexity index is 1960. The van der Waals surface area contributed by atoms with Crippen LogP contribution in [0.5, 0.6) is 5.75 Å². The van der Waals surface area contributed by atoms with Gasteiger partial charge < -0.3 is 15.0 Å². The van der Waals surface area contributed by atoms with Crippen molar-refractivity contribution >= 4 is 79.7 Å². The van der Waals surface area contributed by atoms with E-state index in [2.05, 4.69) is 26.2 Å². The van der Waals surface area contributed by atoms with Crippen LogP contribution >= 0.6 is 50.6 Å². The van der Waals surface area contributed by atoms with Gasteiger partial charge in [0.15, 0.2) is 6.61 Å². The summed E-state index contributed by atoms with van der Waals surface area (Å²) >= 11 is 12.8. The first-order chi connectivity index (χ1) is 22.2. The van der Waals surface area contributed by atoms with Crippen molar-refractivity contribution in [2.45, 2.75) is 29.5 Å². The highest BCUT2D eigenvalue weighted by molar-refractivity contribution is 9.10. The summed E-state index contributed by atoms with van der Waals surface area (Å²) in [7, 11) is 0. The molecule has 3 heterocycles. The van der Waals surface area contributed by atoms with Gasteiger partial charge in [-0.2, -0.15) is 0 Å². The van der Waals surface area contributed by atoms with Gasteiger partial charge >= 0.3 is 4.87 Å². The lowest BCUT2D eigenvalue weighted by atomic mass is 9.68. The number of imide groups is 1. The molecule has 3 aromatic carbocycles. The number of carbonyl (C=O) groups excluding carboxylic acids is 3. The van der Waals surface area contributed by atoms with Crippen LogP contribution in [0.25, 0.3) is 0 Å². The zero-order valence-corrected chi connectivity index (χ0v) is 28.3. The Kier molecular flexibility index (Phi) is 7.43. The topological polar surface area (TPSA) is 109 Å². The molecule has 0 spiro atoms. The standard InChI is InChI=1S/C34H27BrClN3O5S2/c1-15-2-7-18(8-3-15)37-24(40)14-44-23-11-6-17(36)12-20(23)25-26-21-13-22(29(26)45-31-30(25)46-34(43)38-31)28-27(21)32(41)39(33(28)42)19-9-4-16(35)5-10-19/h2-12,21-22,25-29H,13-14H2,1H3,(H,37,40)(H,38,43)/t21-,22-,25+,26-,27+,28+,29-/m1/s1. The molecule has 4 aliphatic rings. The van der Waals surface area contributed by atoms with Gasteiger partial charge in [-0.25, -0.2) is 0 Å². The molecule has 8 rings (SSSR count). The Morgan fingerprint density at radius 1 is 1.02 bits per heavy atom. The van der Waals surface area contributed by atoms with Crippen LogP contribution in [0, 0.1) is 36.5 Å². The molecule has 2 saturated carbocycles. The quantitative estimate of drug-likeness (QED) is 0.210. The third-order valence-electron chi connectivity index (χ3n) is 9.81. The molecule has 3 amide bonds. The van der Waals surface area contributed by atoms with E-state index in [1.807, 2.05) is 49.4 Å². The number of ether oxygens (including phenoxy) is 1. The second-order valence-corrected chi connectivity index (χ2v) is 15.9. The zero-order chi connectivity index (χ0) is 31.9. The van der Waals surface area contributed by atoms with E-state index in [1.165, 1.54) is 4.90 Å². The number of benzene rings is 3. The number of aryl methyl sites for hydroxylation is 1. The molecule has 2 bridgehead atoms. The van der Waals surface area contributed by atoms with Gasteiger partial charge in [-0.05, 0) is 85.7 Å². The Hall–Kier alpha value is -3.38. The van der Waals surface area contributed by atoms with E-state index < -0.39 is 11.8 Å². The van der Waals surface area contributed by atoms with Crippen molar-refractivity contribution in [2.75, 3.05) is 16.8 Å². The van der Waals surface area contributed by atoms with Gasteiger partial charge in [-0.3, -0.25) is 24.1 Å². The lowest BCUT2D eigenvalue weighted by molar-refractivity contribution is -0.123. The molecule has 0 unspecified atom stereocenters. The molecule has 1 aromatic heterocycles. The van der Waals surface area contributed by atoms with Crippen molar-refractivity contribution < 1.29 is 19.1 Å². The van der Waals surface area contributed by atoms with Crippen LogP contribution in [0.2, 0.25) is 5.02 Å². The van der Waals surface area contributed by atoms with Crippen LogP contribution in [0.3, 0.4) is 0 Å². The number of aromatic amines is 1. The second kappa shape index (κ2) is 11.4. The summed E-state index contributed by atoms with van der Waals surface area (Å²) in [5.41, 5.74) is 3.12. The molecule has 8 nitrogen and oxygen atoms in total. The summed E-state index contributed by atoms with van der Waals surface area (Å²) in [4.78, 5) is 58.7. The smallest absolute Gasteiger partial charge is 0.305 e. The molecule has 2 aliphatic carbocycles. The number of hydrogen-bond acceptors (Lipinski definition) is 7. The summed E-state index contributed by atoms with van der Waals surface area (Å²) in [6.45, 7) is 1.76. The van der Waals surface area contributed by atoms with Gasteiger partial charge in [0.2, 0.25) is 11.8 Å². The summed E-state index contributed by atoms with van der Waals surface area (Å²) < 4.78 is 7.04. The van der Waals surface area contributed by atoms with Crippen molar-refractivity contribution in [1.29, 1.82) is 0 Å². The number of rotatable bonds is 6. The third kappa shape index (κ3) is 4.85. The maximum atomic E-state index is 14.0. The summed E-state index contributed by atoms with van der Waals surface area (Å²) in [5, 5.41) is 4.16. The van der Waals surface area contributed by atoms with E-state index in [0.29, 0.717) is 22.1 Å². The first kappa shape index (κ1) is 30.0. The molecule has 2 N–H and O–H groups in total. The number of thiazole rings is 1. The SMILES string of the molecule is Cc1ccc(NC(=O)COc2ccc(Cl)cc2[C@@H]2c3sc(=O)[nH]c3S[C@@H]3[C@@H]4C[C@@H]([C@@H]5C(=O)N(c6ccc(Br)cc6)C(=O)[C@@H]45)[C@H]23)cc1. The first-order valence-electron chi connectivity index (χ1n) is 15.0. The Labute approximate surface area is 286 Å². The predicted octanol–water partition coefficient (Wildman–Crippen LogP) is 6.86. The molecule has 3 fully saturated rings. The van der Waals surface area contributed by atoms with Gasteiger partial charge in [0.05, 0.1) is 22.5 Å². The fraction of sp³-hybridized carbons (Fsp3) is 0.294. The van der Waals surface area contributed by atoms with Crippen LogP contribution in [0.1, 0.15) is 28.3 Å². The zero-order valence-electron chi connectivity index (χ0n) is 24.4. The predicted molar refractivity (Wildman–Crippen MR) is 182 cm³/mol. The third-order valence-corrected chi connectivity index (χ3v) is 13.2. The van der Waals surface area contributed by atoms with E-state index >= 15 is 0 Å². The van der Waals surface area contributed by atoms with Crippen molar-refractivity contribution in [2.24, 2.45) is 29.6 Å². The lowest BCUT2D eigenvalue weighted by Crippen LogP contribution is -2.42. The largest absolute Gasteiger partial charge is 0.483 e. The van der Waals surface area contributed by atoms with Gasteiger partial charge in [0, 0.05) is 36.8 Å². The number of nitrogens with one attached hydrogen (secondary N) is 2. The van der Waals surface area contributed by atoms with E-state index in [9.17, 15) is 19.2 Å². The summed E-state index contributed by atoms with van der Waals surface area (Å²) in [5.74, 6) is -1.39. The van der Waals surface area contributed by atoms with Crippen molar-refractivity contribution in [3.8, 4) is 5.75 Å². The van der Waals surface area contributed by atoms with E-state index in [4.69, 9.17) is 16.3 Å². The maximum absolute atomic E-state index is 14.0. The fourth-order valence-electron chi connectivity index (χ4n) is 8.08. The van der Waals surface area contributed by atoms with Crippen molar-refractivity contribution in [3.05, 3.63) is 102 Å². The number of halogens is 2. The van der Waals surface area contributed by atoms with Crippen LogP contribution < -0.4 is 19.8 Å². The number of nitrogens with zero attached hydrogens (tertiary/aromatic N) is 1. The van der Waals surface area contributed by atoms with Gasteiger partial charge in [0.1, 0.15) is 5.75 Å². The fourth-order valence-corrected chi connectivity index (χ4v) is 11.4. The molecular weight excluding hydrogens is 710 g/mol. The molecule has 12 heteroatoms. The Morgan fingerprint density at radius 3 is 2.48 bits per heavy atom. The highest BCUT2D eigenvalue weighted by Gasteiger charge is 2.69. The summed E-state index contributed by atoms with van der Waals surface area (Å²) in [6.07, 6.45) is 0.759. The number of H-pyrrole nitrogens is 1. The average Bonchev–Trinajstić information content (AvgIpc) is 3.77. The minimum Gasteiger partial charge on any atom is -0.483 e. The minimum atomic E-state index is -0.438. The number of fused-ring (bicyclic) bond motifs is 9. The molecular formula is C34H27BrClN3O5S2. The number of thioether (sulfide) groups is 1. The summed E-state index contributed by atoms with van der Waals surface area (Å²) in [6, 6.07) is 20.1. The molecule has 46 heavy (non-hydrogen) atoms. The van der Waals surface area contributed by atoms with Crippen molar-refractivity contribution in [3.63, 3.8) is 0 Å². The van der Waals surface area contributed by atoms with E-state index in [1.54, 1.807) is 36.0 Å². The minimum absolute atomic E-state index is 0.00675. The number of amides is 3. The monoisotopic (exact) mass is 735 g/mol. The van der Waals surface area contributed by atoms with E-state index in [-0.39, 0.29) is 58.1 Å². The van der Waals surface area contributed by atoms with E-state index in [0.717, 1.165) is 43.3 Å². The van der Waals surface area contributed by atoms with Crippen molar-refractivity contribution in [1.82, 2.24) is 4.98 Å². The van der Waals surface area contributed by atoms with Gasteiger partial charge in [-0.1, -0.05) is 56.6 Å². The van der Waals surface area contributed by atoms with Crippen LogP contribution in [-0.4, -0.2) is 34.6 Å². The molecule has 2 aliphatic heterocycles. The normalized spacial score (nSPS) is 27.4. The molecule has 4 aromatic rings. The highest BCUT2D eigenvalue weighted by atomic mass is 79.9. The first-order valence-corrected chi connectivity index (χ1v) is 17.9. The van der Waals surface area contributed by atoms with Gasteiger partial charge in [0.25, 0.3) is 5.91 Å². The van der Waals surface area contributed by atoms with Crippen LogP contribution in [0.4, 0.5) is 11.4 Å². The lowest BCUT2D eigenvalue weighted by Gasteiger charge is -2.43. The number of carbonyl (C=O) groups is 3. The molecule has 0 radical (unpaired) electrons. The Balaban J connectivity index is 1.14. The number of aromatic nitrogens is 1.